The molecule has 1 atom stereocenters. The number of hydrogen-bond acceptors (Lipinski definition) is 3. The molecule has 2 rings (SSSR count). The number of benzene rings is 1. The summed E-state index contributed by atoms with van der Waals surface area (Å²) < 4.78 is 5.00. The summed E-state index contributed by atoms with van der Waals surface area (Å²) in [6.45, 7) is 2.11. The van der Waals surface area contributed by atoms with Crippen molar-refractivity contribution in [2.45, 2.75) is 19.4 Å². The molecule has 1 unspecified atom stereocenters. The predicted octanol–water partition coefficient (Wildman–Crippen LogP) is 2.36. The summed E-state index contributed by atoms with van der Waals surface area (Å²) in [5, 5.41) is 9.91. The van der Waals surface area contributed by atoms with Crippen LogP contribution in [0.2, 0.25) is 5.02 Å². The van der Waals surface area contributed by atoms with Gasteiger partial charge in [-0.05, 0) is 24.6 Å². The van der Waals surface area contributed by atoms with Crippen LogP contribution in [0.1, 0.15) is 12.0 Å². The number of hydrogen-bond donors (Lipinski definition) is 1. The highest BCUT2D eigenvalue weighted by atomic mass is 35.5. The average Bonchev–Trinajstić information content (AvgIpc) is 2.33. The minimum absolute atomic E-state index is 0.0823. The Morgan fingerprint density at radius 1 is 1.59 bits per heavy atom. The fourth-order valence-electron chi connectivity index (χ4n) is 1.96. The zero-order valence-electron chi connectivity index (χ0n) is 9.52. The summed E-state index contributed by atoms with van der Waals surface area (Å²) in [5.41, 5.74) is 1.51. The number of rotatable bonds is 2. The molecular weight excluding hydrogens is 242 g/mol. The van der Waals surface area contributed by atoms with E-state index in [9.17, 15) is 9.90 Å². The predicted molar refractivity (Wildman–Crippen MR) is 65.5 cm³/mol. The van der Waals surface area contributed by atoms with Crippen molar-refractivity contribution in [3.8, 4) is 0 Å². The molecule has 1 aliphatic heterocycles. The summed E-state index contributed by atoms with van der Waals surface area (Å²) in [7, 11) is 0. The molecule has 0 aromatic heterocycles. The Kier molecular flexibility index (Phi) is 3.54. The van der Waals surface area contributed by atoms with E-state index in [2.05, 4.69) is 0 Å². The summed E-state index contributed by atoms with van der Waals surface area (Å²) in [5.74, 6) is 0. The van der Waals surface area contributed by atoms with Crippen LogP contribution < -0.4 is 4.90 Å². The lowest BCUT2D eigenvalue weighted by molar-refractivity contribution is 0.115. The highest BCUT2D eigenvalue weighted by Crippen LogP contribution is 2.30. The smallest absolute Gasteiger partial charge is 0.414 e. The maximum Gasteiger partial charge on any atom is 0.414 e. The first-order chi connectivity index (χ1) is 8.15. The number of aliphatic hydroxyl groups excluding tert-OH is 1. The van der Waals surface area contributed by atoms with Crippen LogP contribution >= 0.6 is 11.6 Å². The normalized spacial score (nSPS) is 20.3. The zero-order valence-corrected chi connectivity index (χ0v) is 10.3. The molecule has 4 nitrogen and oxygen atoms in total. The van der Waals surface area contributed by atoms with E-state index >= 15 is 0 Å². The zero-order chi connectivity index (χ0) is 12.4. The summed E-state index contributed by atoms with van der Waals surface area (Å²) in [4.78, 5) is 13.3. The highest BCUT2D eigenvalue weighted by Gasteiger charge is 2.31. The van der Waals surface area contributed by atoms with Gasteiger partial charge in [0.2, 0.25) is 0 Å². The van der Waals surface area contributed by atoms with Crippen molar-refractivity contribution in [3.63, 3.8) is 0 Å². The van der Waals surface area contributed by atoms with Gasteiger partial charge in [-0.1, -0.05) is 17.7 Å². The van der Waals surface area contributed by atoms with Gasteiger partial charge in [0.25, 0.3) is 0 Å². The van der Waals surface area contributed by atoms with E-state index in [1.54, 1.807) is 18.2 Å². The van der Waals surface area contributed by atoms with Gasteiger partial charge in [0, 0.05) is 11.4 Å². The average molecular weight is 256 g/mol. The molecule has 5 heteroatoms. The van der Waals surface area contributed by atoms with Gasteiger partial charge in [0.1, 0.15) is 0 Å². The molecule has 1 N–H and O–H groups in total. The molecule has 0 saturated carbocycles. The van der Waals surface area contributed by atoms with Gasteiger partial charge in [0.05, 0.1) is 24.9 Å². The first-order valence-corrected chi connectivity index (χ1v) is 5.85. The van der Waals surface area contributed by atoms with Crippen LogP contribution in [0.4, 0.5) is 10.5 Å². The lowest BCUT2D eigenvalue weighted by atomic mass is 10.1. The first kappa shape index (κ1) is 12.2. The highest BCUT2D eigenvalue weighted by molar-refractivity contribution is 6.31. The molecule has 1 aromatic rings. The topological polar surface area (TPSA) is 49.8 Å². The van der Waals surface area contributed by atoms with Crippen molar-refractivity contribution < 1.29 is 14.6 Å². The van der Waals surface area contributed by atoms with Crippen molar-refractivity contribution in [1.29, 1.82) is 0 Å². The Balaban J connectivity index is 2.41. The van der Waals surface area contributed by atoms with Gasteiger partial charge in [-0.15, -0.1) is 0 Å². The van der Waals surface area contributed by atoms with E-state index in [1.165, 1.54) is 4.90 Å². The van der Waals surface area contributed by atoms with Crippen molar-refractivity contribution in [3.05, 3.63) is 28.8 Å². The monoisotopic (exact) mass is 255 g/mol. The molecule has 1 aromatic carbocycles. The minimum atomic E-state index is -0.430. The molecule has 1 heterocycles. The third kappa shape index (κ3) is 2.23. The van der Waals surface area contributed by atoms with Crippen molar-refractivity contribution in [1.82, 2.24) is 0 Å². The van der Waals surface area contributed by atoms with Crippen LogP contribution in [0, 0.1) is 6.92 Å². The second-order valence-corrected chi connectivity index (χ2v) is 4.40. The maximum atomic E-state index is 11.8. The molecule has 0 bridgehead atoms. The lowest BCUT2D eigenvalue weighted by Gasteiger charge is -2.34. The number of halogens is 1. The largest absolute Gasteiger partial charge is 0.449 e. The first-order valence-electron chi connectivity index (χ1n) is 5.47. The number of carbonyl (C=O) groups is 1. The van der Waals surface area contributed by atoms with Gasteiger partial charge < -0.3 is 9.84 Å². The molecule has 0 spiro atoms. The van der Waals surface area contributed by atoms with E-state index in [-0.39, 0.29) is 12.6 Å². The summed E-state index contributed by atoms with van der Waals surface area (Å²) >= 11 is 6.03. The number of carbonyl (C=O) groups excluding carboxylic acids is 1. The van der Waals surface area contributed by atoms with Crippen LogP contribution in [-0.2, 0) is 4.74 Å². The minimum Gasteiger partial charge on any atom is -0.449 e. The van der Waals surface area contributed by atoms with E-state index < -0.39 is 6.09 Å². The van der Waals surface area contributed by atoms with Crippen molar-refractivity contribution in [2.24, 2.45) is 0 Å². The standard InChI is InChI=1S/C12H14ClNO3/c1-8-10(13)3-2-4-11(8)14-9(7-15)5-6-17-12(14)16/h2-4,9,15H,5-7H2,1H3. The molecule has 1 aliphatic rings. The Morgan fingerprint density at radius 3 is 3.06 bits per heavy atom. The second kappa shape index (κ2) is 4.94. The molecule has 1 amide bonds. The van der Waals surface area contributed by atoms with Crippen molar-refractivity contribution >= 4 is 23.4 Å². The third-order valence-corrected chi connectivity index (χ3v) is 3.36. The number of amides is 1. The SMILES string of the molecule is Cc1c(Cl)cccc1N1C(=O)OCCC1CO. The summed E-state index contributed by atoms with van der Waals surface area (Å²) in [6, 6.07) is 5.11. The van der Waals surface area contributed by atoms with Gasteiger partial charge in [0.15, 0.2) is 0 Å². The van der Waals surface area contributed by atoms with E-state index in [0.29, 0.717) is 23.7 Å². The Labute approximate surface area is 105 Å². The van der Waals surface area contributed by atoms with Crippen LogP contribution in [0.25, 0.3) is 0 Å². The van der Waals surface area contributed by atoms with E-state index in [1.807, 2.05) is 6.92 Å². The number of nitrogens with zero attached hydrogens (tertiary/aromatic N) is 1. The van der Waals surface area contributed by atoms with Gasteiger partial charge >= 0.3 is 6.09 Å². The van der Waals surface area contributed by atoms with Crippen LogP contribution in [-0.4, -0.2) is 30.5 Å². The van der Waals surface area contributed by atoms with Crippen LogP contribution in [0.5, 0.6) is 0 Å². The van der Waals surface area contributed by atoms with Crippen molar-refractivity contribution in [2.75, 3.05) is 18.1 Å². The second-order valence-electron chi connectivity index (χ2n) is 3.99. The number of aliphatic hydroxyl groups is 1. The number of ether oxygens (including phenoxy) is 1. The molecule has 92 valence electrons. The van der Waals surface area contributed by atoms with E-state index in [0.717, 1.165) is 5.56 Å². The molecule has 0 aliphatic carbocycles. The Bertz CT molecular complexity index is 436. The maximum absolute atomic E-state index is 11.8. The third-order valence-electron chi connectivity index (χ3n) is 2.95. The molecule has 1 saturated heterocycles. The summed E-state index contributed by atoms with van der Waals surface area (Å²) in [6.07, 6.45) is 0.189. The fraction of sp³-hybridized carbons (Fsp3) is 0.417. The van der Waals surface area contributed by atoms with Gasteiger partial charge in [-0.3, -0.25) is 4.90 Å². The quantitative estimate of drug-likeness (QED) is 0.883. The van der Waals surface area contributed by atoms with Gasteiger partial charge in [-0.2, -0.15) is 0 Å². The molecule has 0 radical (unpaired) electrons. The number of cyclic esters (lactones) is 1. The molecule has 17 heavy (non-hydrogen) atoms. The van der Waals surface area contributed by atoms with Crippen LogP contribution in [0.3, 0.4) is 0 Å². The van der Waals surface area contributed by atoms with E-state index in [4.69, 9.17) is 16.3 Å². The van der Waals surface area contributed by atoms with Crippen LogP contribution in [0.15, 0.2) is 18.2 Å². The fourth-order valence-corrected chi connectivity index (χ4v) is 2.12. The molecular formula is C12H14ClNO3. The molecule has 1 fully saturated rings. The number of anilines is 1. The lowest BCUT2D eigenvalue weighted by Crippen LogP contribution is -2.48. The van der Waals surface area contributed by atoms with Gasteiger partial charge in [-0.25, -0.2) is 4.79 Å². The Hall–Kier alpha value is -1.26. The Morgan fingerprint density at radius 2 is 2.35 bits per heavy atom.